The first-order chi connectivity index (χ1) is 13.8. The minimum atomic E-state index is 0. The zero-order chi connectivity index (χ0) is 19.6. The van der Waals surface area contributed by atoms with Crippen molar-refractivity contribution >= 4 is 29.9 Å². The molecular formula is C22H28IN5O. The molecule has 7 heteroatoms. The van der Waals surface area contributed by atoms with Crippen molar-refractivity contribution in [2.24, 2.45) is 4.99 Å². The molecule has 0 bridgehead atoms. The Hall–Kier alpha value is -2.55. The predicted molar refractivity (Wildman–Crippen MR) is 128 cm³/mol. The van der Waals surface area contributed by atoms with Crippen molar-refractivity contribution in [1.29, 1.82) is 0 Å². The number of aliphatic imine (C=N–C) groups is 1. The molecule has 6 nitrogen and oxygen atoms in total. The second-order valence-electron chi connectivity index (χ2n) is 6.50. The standard InChI is InChI=1S/C22H27N5O.HI/c1-23-22(25-12-11-18-7-9-21(28-2)10-8-18)26-15-19-3-5-20(6-4-19)16-27-14-13-24-17-27;/h3-10,13-14,17H,11-12,15-16H2,1-2H3,(H2,23,25,26);1H. The van der Waals surface area contributed by atoms with Gasteiger partial charge in [0.1, 0.15) is 5.75 Å². The van der Waals surface area contributed by atoms with E-state index in [-0.39, 0.29) is 24.0 Å². The second kappa shape index (κ2) is 12.1. The van der Waals surface area contributed by atoms with Gasteiger partial charge in [-0.05, 0) is 35.2 Å². The number of halogens is 1. The average Bonchev–Trinajstić information content (AvgIpc) is 3.25. The van der Waals surface area contributed by atoms with Gasteiger partial charge in [-0.1, -0.05) is 36.4 Å². The first kappa shape index (κ1) is 22.7. The van der Waals surface area contributed by atoms with E-state index in [0.29, 0.717) is 0 Å². The number of aromatic nitrogens is 2. The van der Waals surface area contributed by atoms with Crippen LogP contribution in [0.5, 0.6) is 5.75 Å². The molecule has 0 aliphatic carbocycles. The number of imidazole rings is 1. The minimum Gasteiger partial charge on any atom is -0.497 e. The van der Waals surface area contributed by atoms with E-state index in [1.54, 1.807) is 20.4 Å². The fourth-order valence-corrected chi connectivity index (χ4v) is 2.88. The first-order valence-corrected chi connectivity index (χ1v) is 9.38. The molecule has 3 aromatic rings. The lowest BCUT2D eigenvalue weighted by atomic mass is 10.1. The van der Waals surface area contributed by atoms with Crippen molar-refractivity contribution in [3.63, 3.8) is 0 Å². The number of hydrogen-bond donors (Lipinski definition) is 2. The van der Waals surface area contributed by atoms with Crippen LogP contribution in [0.2, 0.25) is 0 Å². The zero-order valence-electron chi connectivity index (χ0n) is 16.8. The van der Waals surface area contributed by atoms with E-state index in [9.17, 15) is 0 Å². The van der Waals surface area contributed by atoms with Crippen molar-refractivity contribution in [2.75, 3.05) is 20.7 Å². The van der Waals surface area contributed by atoms with Crippen LogP contribution in [0.1, 0.15) is 16.7 Å². The molecule has 0 amide bonds. The molecule has 0 atom stereocenters. The van der Waals surface area contributed by atoms with E-state index >= 15 is 0 Å². The van der Waals surface area contributed by atoms with E-state index in [4.69, 9.17) is 4.74 Å². The van der Waals surface area contributed by atoms with E-state index in [0.717, 1.165) is 37.8 Å². The van der Waals surface area contributed by atoms with Gasteiger partial charge in [0.2, 0.25) is 0 Å². The van der Waals surface area contributed by atoms with Gasteiger partial charge in [-0.2, -0.15) is 0 Å². The van der Waals surface area contributed by atoms with Crippen LogP contribution in [0.3, 0.4) is 0 Å². The molecular weight excluding hydrogens is 477 g/mol. The van der Waals surface area contributed by atoms with Crippen LogP contribution in [-0.4, -0.2) is 36.2 Å². The number of nitrogens with one attached hydrogen (secondary N) is 2. The number of nitrogens with zero attached hydrogens (tertiary/aromatic N) is 3. The molecule has 0 aliphatic rings. The summed E-state index contributed by atoms with van der Waals surface area (Å²) in [5.74, 6) is 1.68. The zero-order valence-corrected chi connectivity index (χ0v) is 19.2. The molecule has 0 radical (unpaired) electrons. The third-order valence-electron chi connectivity index (χ3n) is 4.50. The fourth-order valence-electron chi connectivity index (χ4n) is 2.88. The van der Waals surface area contributed by atoms with Crippen molar-refractivity contribution in [3.8, 4) is 5.75 Å². The van der Waals surface area contributed by atoms with Crippen molar-refractivity contribution in [3.05, 3.63) is 83.9 Å². The molecule has 2 aromatic carbocycles. The van der Waals surface area contributed by atoms with Gasteiger partial charge in [0.05, 0.1) is 13.4 Å². The molecule has 154 valence electrons. The number of methoxy groups -OCH3 is 1. The smallest absolute Gasteiger partial charge is 0.191 e. The summed E-state index contributed by atoms with van der Waals surface area (Å²) < 4.78 is 7.25. The lowest BCUT2D eigenvalue weighted by molar-refractivity contribution is 0.414. The maximum absolute atomic E-state index is 5.19. The molecule has 3 rings (SSSR count). The highest BCUT2D eigenvalue weighted by molar-refractivity contribution is 14.0. The monoisotopic (exact) mass is 505 g/mol. The van der Waals surface area contributed by atoms with Gasteiger partial charge in [0.25, 0.3) is 0 Å². The number of rotatable bonds is 8. The minimum absolute atomic E-state index is 0. The highest BCUT2D eigenvalue weighted by Gasteiger charge is 2.01. The Labute approximate surface area is 189 Å². The van der Waals surface area contributed by atoms with Gasteiger partial charge in [-0.15, -0.1) is 24.0 Å². The molecule has 0 unspecified atom stereocenters. The average molecular weight is 505 g/mol. The maximum atomic E-state index is 5.19. The van der Waals surface area contributed by atoms with Gasteiger partial charge in [-0.25, -0.2) is 4.98 Å². The van der Waals surface area contributed by atoms with Crippen LogP contribution >= 0.6 is 24.0 Å². The predicted octanol–water partition coefficient (Wildman–Crippen LogP) is 3.47. The summed E-state index contributed by atoms with van der Waals surface area (Å²) in [7, 11) is 3.47. The van der Waals surface area contributed by atoms with E-state index < -0.39 is 0 Å². The SMILES string of the molecule is CN=C(NCCc1ccc(OC)cc1)NCc1ccc(Cn2ccnc2)cc1.I. The quantitative estimate of drug-likeness (QED) is 0.280. The number of guanidine groups is 1. The Balaban J connectivity index is 0.00000300. The Kier molecular flexibility index (Phi) is 9.49. The summed E-state index contributed by atoms with van der Waals surface area (Å²) in [5.41, 5.74) is 3.73. The number of ether oxygens (including phenoxy) is 1. The highest BCUT2D eigenvalue weighted by atomic mass is 127. The van der Waals surface area contributed by atoms with Crippen LogP contribution in [0.25, 0.3) is 0 Å². The third kappa shape index (κ3) is 7.41. The molecule has 0 fully saturated rings. The number of hydrogen-bond acceptors (Lipinski definition) is 3. The normalized spacial score (nSPS) is 10.9. The van der Waals surface area contributed by atoms with Crippen LogP contribution < -0.4 is 15.4 Å². The van der Waals surface area contributed by atoms with Gasteiger partial charge in [0, 0.05) is 39.1 Å². The topological polar surface area (TPSA) is 63.5 Å². The maximum Gasteiger partial charge on any atom is 0.191 e. The van der Waals surface area contributed by atoms with Crippen molar-refractivity contribution < 1.29 is 4.74 Å². The Bertz CT molecular complexity index is 861. The molecule has 1 aromatic heterocycles. The molecule has 0 saturated carbocycles. The summed E-state index contributed by atoms with van der Waals surface area (Å²) in [5, 5.41) is 6.71. The van der Waals surface area contributed by atoms with Gasteiger partial charge in [0.15, 0.2) is 5.96 Å². The summed E-state index contributed by atoms with van der Waals surface area (Å²) in [6.45, 7) is 2.38. The van der Waals surface area contributed by atoms with Crippen molar-refractivity contribution in [1.82, 2.24) is 20.2 Å². The first-order valence-electron chi connectivity index (χ1n) is 9.38. The van der Waals surface area contributed by atoms with Crippen LogP contribution in [-0.2, 0) is 19.5 Å². The Morgan fingerprint density at radius 3 is 2.31 bits per heavy atom. The van der Waals surface area contributed by atoms with Gasteiger partial charge >= 0.3 is 0 Å². The molecule has 0 spiro atoms. The lowest BCUT2D eigenvalue weighted by Crippen LogP contribution is -2.37. The molecule has 2 N–H and O–H groups in total. The molecule has 0 aliphatic heterocycles. The fraction of sp³-hybridized carbons (Fsp3) is 0.273. The van der Waals surface area contributed by atoms with Crippen LogP contribution in [0, 0.1) is 0 Å². The molecule has 0 saturated heterocycles. The summed E-state index contributed by atoms with van der Waals surface area (Å²) >= 11 is 0. The Morgan fingerprint density at radius 2 is 1.69 bits per heavy atom. The summed E-state index contributed by atoms with van der Waals surface area (Å²) in [6.07, 6.45) is 6.52. The third-order valence-corrected chi connectivity index (χ3v) is 4.50. The second-order valence-corrected chi connectivity index (χ2v) is 6.50. The lowest BCUT2D eigenvalue weighted by Gasteiger charge is -2.12. The number of benzene rings is 2. The molecule has 29 heavy (non-hydrogen) atoms. The van der Waals surface area contributed by atoms with E-state index in [1.807, 2.05) is 24.7 Å². The Morgan fingerprint density at radius 1 is 1.00 bits per heavy atom. The highest BCUT2D eigenvalue weighted by Crippen LogP contribution is 2.11. The van der Waals surface area contributed by atoms with Crippen LogP contribution in [0.15, 0.2) is 72.2 Å². The largest absolute Gasteiger partial charge is 0.497 e. The van der Waals surface area contributed by atoms with Gasteiger partial charge < -0.3 is 19.9 Å². The summed E-state index contributed by atoms with van der Waals surface area (Å²) in [4.78, 5) is 8.37. The van der Waals surface area contributed by atoms with Gasteiger partial charge in [-0.3, -0.25) is 4.99 Å². The van der Waals surface area contributed by atoms with E-state index in [1.165, 1.54) is 16.7 Å². The van der Waals surface area contributed by atoms with Crippen molar-refractivity contribution in [2.45, 2.75) is 19.5 Å². The van der Waals surface area contributed by atoms with E-state index in [2.05, 4.69) is 61.6 Å². The summed E-state index contributed by atoms with van der Waals surface area (Å²) in [6, 6.07) is 16.7. The molecule has 1 heterocycles. The van der Waals surface area contributed by atoms with Crippen LogP contribution in [0.4, 0.5) is 0 Å².